The van der Waals surface area contributed by atoms with Crippen LogP contribution in [0, 0.1) is 0 Å². The van der Waals surface area contributed by atoms with Crippen molar-refractivity contribution in [1.29, 1.82) is 0 Å². The van der Waals surface area contributed by atoms with Crippen molar-refractivity contribution in [2.45, 2.75) is 11.3 Å². The van der Waals surface area contributed by atoms with Crippen molar-refractivity contribution in [2.24, 2.45) is 0 Å². The number of fused-ring (bicyclic) bond motifs is 1. The summed E-state index contributed by atoms with van der Waals surface area (Å²) in [6, 6.07) is 5.74. The smallest absolute Gasteiger partial charge is 0.227 e. The van der Waals surface area contributed by atoms with E-state index in [-0.39, 0.29) is 5.91 Å². The molecule has 2 rings (SSSR count). The van der Waals surface area contributed by atoms with Crippen molar-refractivity contribution in [3.63, 3.8) is 0 Å². The summed E-state index contributed by atoms with van der Waals surface area (Å²) >= 11 is 7.72. The zero-order valence-corrected chi connectivity index (χ0v) is 12.2. The molecule has 1 aromatic rings. The number of hydrogen-bond donors (Lipinski definition) is 0. The highest BCUT2D eigenvalue weighted by molar-refractivity contribution is 7.99. The van der Waals surface area contributed by atoms with Gasteiger partial charge in [0, 0.05) is 35.2 Å². The number of carbonyl (C=O) groups is 1. The maximum absolute atomic E-state index is 12.1. The first-order valence-electron chi connectivity index (χ1n) is 5.95. The van der Waals surface area contributed by atoms with Gasteiger partial charge in [0.2, 0.25) is 5.91 Å². The molecule has 1 heterocycles. The fraction of sp³-hybridized carbons (Fsp3) is 0.462. The molecule has 0 saturated heterocycles. The third-order valence-corrected chi connectivity index (χ3v) is 4.14. The van der Waals surface area contributed by atoms with Crippen molar-refractivity contribution in [2.75, 3.05) is 37.8 Å². The molecule has 1 aromatic carbocycles. The zero-order valence-electron chi connectivity index (χ0n) is 10.6. The molecule has 0 aliphatic carbocycles. The fourth-order valence-corrected chi connectivity index (χ4v) is 3.16. The molecule has 1 amide bonds. The molecule has 0 unspecified atom stereocenters. The molecular formula is C13H17ClN2OS. The molecule has 18 heavy (non-hydrogen) atoms. The van der Waals surface area contributed by atoms with Gasteiger partial charge in [0.15, 0.2) is 0 Å². The van der Waals surface area contributed by atoms with E-state index in [0.717, 1.165) is 34.4 Å². The van der Waals surface area contributed by atoms with Crippen LogP contribution in [-0.2, 0) is 4.79 Å². The first-order chi connectivity index (χ1) is 8.58. The number of thioether (sulfide) groups is 1. The van der Waals surface area contributed by atoms with Crippen LogP contribution in [0.15, 0.2) is 23.1 Å². The largest absolute Gasteiger partial charge is 0.310 e. The summed E-state index contributed by atoms with van der Waals surface area (Å²) in [4.78, 5) is 17.2. The number of nitrogens with zero attached hydrogens (tertiary/aromatic N) is 2. The molecule has 0 aromatic heterocycles. The molecule has 0 radical (unpaired) electrons. The molecule has 5 heteroatoms. The lowest BCUT2D eigenvalue weighted by atomic mass is 10.2. The number of rotatable bonds is 3. The third kappa shape index (κ3) is 3.19. The molecule has 0 spiro atoms. The summed E-state index contributed by atoms with van der Waals surface area (Å²) < 4.78 is 0. The van der Waals surface area contributed by atoms with Gasteiger partial charge in [0.25, 0.3) is 0 Å². The van der Waals surface area contributed by atoms with Gasteiger partial charge in [0.1, 0.15) is 0 Å². The topological polar surface area (TPSA) is 23.6 Å². The van der Waals surface area contributed by atoms with Crippen LogP contribution in [0.5, 0.6) is 0 Å². The van der Waals surface area contributed by atoms with Crippen LogP contribution in [0.25, 0.3) is 0 Å². The van der Waals surface area contributed by atoms with E-state index in [9.17, 15) is 4.79 Å². The minimum Gasteiger partial charge on any atom is -0.310 e. The van der Waals surface area contributed by atoms with Crippen LogP contribution in [0.3, 0.4) is 0 Å². The molecule has 0 N–H and O–H groups in total. The minimum absolute atomic E-state index is 0.199. The van der Waals surface area contributed by atoms with E-state index in [0.29, 0.717) is 6.42 Å². The predicted molar refractivity (Wildman–Crippen MR) is 77.7 cm³/mol. The molecule has 1 aliphatic heterocycles. The van der Waals surface area contributed by atoms with E-state index < -0.39 is 0 Å². The Hall–Kier alpha value is -0.710. The van der Waals surface area contributed by atoms with Crippen molar-refractivity contribution in [3.05, 3.63) is 23.2 Å². The first kappa shape index (κ1) is 13.7. The summed E-state index contributed by atoms with van der Waals surface area (Å²) in [5.74, 6) is 1.02. The number of carbonyl (C=O) groups excluding carboxylic acids is 1. The number of amides is 1. The van der Waals surface area contributed by atoms with E-state index in [4.69, 9.17) is 11.6 Å². The summed E-state index contributed by atoms with van der Waals surface area (Å²) in [7, 11) is 4.03. The number of benzene rings is 1. The Labute approximate surface area is 117 Å². The maximum Gasteiger partial charge on any atom is 0.227 e. The van der Waals surface area contributed by atoms with Crippen LogP contribution in [0.1, 0.15) is 6.42 Å². The Balaban J connectivity index is 2.28. The Morgan fingerprint density at radius 3 is 2.94 bits per heavy atom. The van der Waals surface area contributed by atoms with Gasteiger partial charge in [-0.25, -0.2) is 0 Å². The lowest BCUT2D eigenvalue weighted by Crippen LogP contribution is -2.36. The number of anilines is 1. The standard InChI is InChI=1S/C13H17ClN2OS/c1-15(2)6-7-16-11-4-3-10(14)9-12(11)18-8-5-13(16)17/h3-4,9H,5-8H2,1-2H3. The Kier molecular flexibility index (Phi) is 4.54. The van der Waals surface area contributed by atoms with Gasteiger partial charge in [-0.05, 0) is 32.3 Å². The molecule has 0 atom stereocenters. The van der Waals surface area contributed by atoms with E-state index in [1.807, 2.05) is 37.2 Å². The van der Waals surface area contributed by atoms with Gasteiger partial charge in [-0.2, -0.15) is 0 Å². The van der Waals surface area contributed by atoms with E-state index in [1.54, 1.807) is 11.8 Å². The van der Waals surface area contributed by atoms with E-state index in [2.05, 4.69) is 4.90 Å². The molecule has 1 aliphatic rings. The van der Waals surface area contributed by atoms with E-state index in [1.165, 1.54) is 0 Å². The molecule has 0 saturated carbocycles. The van der Waals surface area contributed by atoms with Gasteiger partial charge < -0.3 is 9.80 Å². The van der Waals surface area contributed by atoms with E-state index >= 15 is 0 Å². The monoisotopic (exact) mass is 284 g/mol. The second-order valence-electron chi connectivity index (χ2n) is 4.56. The Morgan fingerprint density at radius 2 is 2.22 bits per heavy atom. The number of halogens is 1. The lowest BCUT2D eigenvalue weighted by molar-refractivity contribution is -0.118. The van der Waals surface area contributed by atoms with Crippen LogP contribution in [0.2, 0.25) is 5.02 Å². The zero-order chi connectivity index (χ0) is 13.1. The molecule has 0 bridgehead atoms. The van der Waals surface area contributed by atoms with Crippen LogP contribution in [0.4, 0.5) is 5.69 Å². The van der Waals surface area contributed by atoms with Crippen LogP contribution in [-0.4, -0.2) is 43.7 Å². The summed E-state index contributed by atoms with van der Waals surface area (Å²) in [5.41, 5.74) is 0.994. The highest BCUT2D eigenvalue weighted by Crippen LogP contribution is 2.35. The normalized spacial score (nSPS) is 15.8. The summed E-state index contributed by atoms with van der Waals surface area (Å²) in [5, 5.41) is 0.725. The third-order valence-electron chi connectivity index (χ3n) is 2.86. The molecule has 0 fully saturated rings. The highest BCUT2D eigenvalue weighted by Gasteiger charge is 2.22. The second-order valence-corrected chi connectivity index (χ2v) is 6.13. The summed E-state index contributed by atoms with van der Waals surface area (Å²) in [6.07, 6.45) is 0.588. The number of likely N-dealkylation sites (N-methyl/N-ethyl adjacent to an activating group) is 1. The van der Waals surface area contributed by atoms with Gasteiger partial charge >= 0.3 is 0 Å². The first-order valence-corrected chi connectivity index (χ1v) is 7.32. The Bertz CT molecular complexity index is 451. The van der Waals surface area contributed by atoms with Gasteiger partial charge in [0.05, 0.1) is 5.69 Å². The SMILES string of the molecule is CN(C)CCN1C(=O)CCSc2cc(Cl)ccc21. The molecule has 3 nitrogen and oxygen atoms in total. The Morgan fingerprint density at radius 1 is 1.44 bits per heavy atom. The average molecular weight is 285 g/mol. The van der Waals surface area contributed by atoms with Crippen molar-refractivity contribution < 1.29 is 4.79 Å². The average Bonchev–Trinajstić information content (AvgIpc) is 2.45. The predicted octanol–water partition coefficient (Wildman–Crippen LogP) is 2.73. The summed E-state index contributed by atoms with van der Waals surface area (Å²) in [6.45, 7) is 1.58. The minimum atomic E-state index is 0.199. The fourth-order valence-electron chi connectivity index (χ4n) is 1.89. The number of hydrogen-bond acceptors (Lipinski definition) is 3. The molecule has 98 valence electrons. The second kappa shape index (κ2) is 5.95. The van der Waals surface area contributed by atoms with Gasteiger partial charge in [-0.3, -0.25) is 4.79 Å². The highest BCUT2D eigenvalue weighted by atomic mass is 35.5. The quantitative estimate of drug-likeness (QED) is 0.853. The van der Waals surface area contributed by atoms with Gasteiger partial charge in [-0.1, -0.05) is 11.6 Å². The van der Waals surface area contributed by atoms with Crippen molar-refractivity contribution in [3.8, 4) is 0 Å². The van der Waals surface area contributed by atoms with Crippen molar-refractivity contribution in [1.82, 2.24) is 4.90 Å². The van der Waals surface area contributed by atoms with Crippen LogP contribution >= 0.6 is 23.4 Å². The van der Waals surface area contributed by atoms with Crippen LogP contribution < -0.4 is 4.90 Å². The molecular weight excluding hydrogens is 268 g/mol. The lowest BCUT2D eigenvalue weighted by Gasteiger charge is -2.24. The van der Waals surface area contributed by atoms with Gasteiger partial charge in [-0.15, -0.1) is 11.8 Å². The van der Waals surface area contributed by atoms with Crippen molar-refractivity contribution >= 4 is 35.0 Å². The maximum atomic E-state index is 12.1.